The van der Waals surface area contributed by atoms with E-state index in [-0.39, 0.29) is 0 Å². The Morgan fingerprint density at radius 1 is 1.00 bits per heavy atom. The maximum atomic E-state index is 4.77. The minimum absolute atomic E-state index is 0.561. The quantitative estimate of drug-likeness (QED) is 0.555. The van der Waals surface area contributed by atoms with E-state index in [1.165, 1.54) is 25.7 Å². The Hall–Kier alpha value is -3.28. The van der Waals surface area contributed by atoms with Crippen LogP contribution in [0.25, 0.3) is 22.3 Å². The molecule has 0 atom stereocenters. The van der Waals surface area contributed by atoms with Gasteiger partial charge in [0, 0.05) is 29.5 Å². The first kappa shape index (κ1) is 16.9. The van der Waals surface area contributed by atoms with Crippen LogP contribution >= 0.6 is 0 Å². The third-order valence-corrected chi connectivity index (χ3v) is 5.32. The van der Waals surface area contributed by atoms with Gasteiger partial charge in [-0.3, -0.25) is 9.67 Å². The molecular formula is C22H22N6. The van der Waals surface area contributed by atoms with E-state index in [1.807, 2.05) is 36.4 Å². The zero-order chi connectivity index (χ0) is 18.8. The first-order chi connectivity index (χ1) is 13.9. The number of para-hydroxylation sites is 1. The molecule has 1 N–H and O–H groups in total. The van der Waals surface area contributed by atoms with Gasteiger partial charge in [0.1, 0.15) is 5.82 Å². The predicted octanol–water partition coefficient (Wildman–Crippen LogP) is 4.62. The van der Waals surface area contributed by atoms with E-state index in [4.69, 9.17) is 15.1 Å². The molecule has 1 aliphatic carbocycles. The van der Waals surface area contributed by atoms with E-state index in [0.29, 0.717) is 18.4 Å². The second kappa shape index (κ2) is 7.38. The van der Waals surface area contributed by atoms with Crippen LogP contribution in [-0.4, -0.2) is 24.7 Å². The molecule has 1 fully saturated rings. The van der Waals surface area contributed by atoms with Crippen molar-refractivity contribution < 1.29 is 0 Å². The summed E-state index contributed by atoms with van der Waals surface area (Å²) in [7, 11) is 0. The summed E-state index contributed by atoms with van der Waals surface area (Å²) in [5.74, 6) is 1.49. The van der Waals surface area contributed by atoms with E-state index < -0.39 is 0 Å². The van der Waals surface area contributed by atoms with Crippen molar-refractivity contribution in [3.05, 3.63) is 66.7 Å². The number of pyridine rings is 1. The number of hydrogen-bond acceptors (Lipinski definition) is 5. The topological polar surface area (TPSA) is 68.5 Å². The Labute approximate surface area is 163 Å². The zero-order valence-electron chi connectivity index (χ0n) is 15.6. The van der Waals surface area contributed by atoms with E-state index >= 15 is 0 Å². The van der Waals surface area contributed by atoms with Crippen LogP contribution in [0.3, 0.4) is 0 Å². The molecule has 3 heterocycles. The highest BCUT2D eigenvalue weighted by Gasteiger charge is 2.17. The average molecular weight is 370 g/mol. The Kier molecular flexibility index (Phi) is 4.45. The van der Waals surface area contributed by atoms with Gasteiger partial charge in [0.25, 0.3) is 0 Å². The van der Waals surface area contributed by atoms with E-state index in [0.717, 1.165) is 28.0 Å². The molecule has 5 rings (SSSR count). The lowest BCUT2D eigenvalue weighted by atomic mass is 10.2. The van der Waals surface area contributed by atoms with Crippen molar-refractivity contribution in [2.45, 2.75) is 38.3 Å². The van der Waals surface area contributed by atoms with Crippen LogP contribution in [-0.2, 0) is 6.54 Å². The Balaban J connectivity index is 1.43. The number of fused-ring (bicyclic) bond motifs is 1. The summed E-state index contributed by atoms with van der Waals surface area (Å²) in [5, 5.41) is 9.24. The minimum Gasteiger partial charge on any atom is -0.364 e. The molecule has 0 aliphatic heterocycles. The van der Waals surface area contributed by atoms with Gasteiger partial charge in [-0.15, -0.1) is 0 Å². The van der Waals surface area contributed by atoms with E-state index in [9.17, 15) is 0 Å². The zero-order valence-corrected chi connectivity index (χ0v) is 15.6. The smallest absolute Gasteiger partial charge is 0.163 e. The van der Waals surface area contributed by atoms with Gasteiger partial charge in [-0.25, -0.2) is 9.97 Å². The molecule has 0 saturated heterocycles. The van der Waals surface area contributed by atoms with Crippen molar-refractivity contribution in [3.63, 3.8) is 0 Å². The summed E-state index contributed by atoms with van der Waals surface area (Å²) in [6.45, 7) is 0.632. The highest BCUT2D eigenvalue weighted by molar-refractivity contribution is 5.90. The summed E-state index contributed by atoms with van der Waals surface area (Å²) in [6.07, 6.45) is 10.7. The number of rotatable bonds is 5. The van der Waals surface area contributed by atoms with Gasteiger partial charge in [0.05, 0.1) is 23.8 Å². The van der Waals surface area contributed by atoms with Crippen molar-refractivity contribution in [2.75, 3.05) is 5.32 Å². The van der Waals surface area contributed by atoms with E-state index in [1.54, 1.807) is 12.4 Å². The van der Waals surface area contributed by atoms with Crippen molar-refractivity contribution in [1.29, 1.82) is 0 Å². The van der Waals surface area contributed by atoms with Crippen LogP contribution in [0.2, 0.25) is 0 Å². The SMILES string of the molecule is c1cncc(-c2nc(NCc3ccn(C4CCCC4)n3)c3ccccc3n2)c1. The number of hydrogen-bond donors (Lipinski definition) is 1. The molecule has 4 aromatic rings. The number of nitrogens with one attached hydrogen (secondary N) is 1. The molecule has 6 nitrogen and oxygen atoms in total. The maximum Gasteiger partial charge on any atom is 0.163 e. The van der Waals surface area contributed by atoms with Crippen molar-refractivity contribution in [3.8, 4) is 11.4 Å². The summed E-state index contributed by atoms with van der Waals surface area (Å²) in [6, 6.07) is 14.6. The summed E-state index contributed by atoms with van der Waals surface area (Å²) in [5.41, 5.74) is 2.84. The highest BCUT2D eigenvalue weighted by atomic mass is 15.3. The molecule has 0 radical (unpaired) electrons. The second-order valence-electron chi connectivity index (χ2n) is 7.23. The molecule has 28 heavy (non-hydrogen) atoms. The molecule has 0 unspecified atom stereocenters. The van der Waals surface area contributed by atoms with Crippen LogP contribution in [0, 0.1) is 0 Å². The van der Waals surface area contributed by atoms with Crippen LogP contribution in [0.15, 0.2) is 61.1 Å². The fourth-order valence-corrected chi connectivity index (χ4v) is 3.85. The summed E-state index contributed by atoms with van der Waals surface area (Å²) < 4.78 is 2.13. The maximum absolute atomic E-state index is 4.77. The van der Waals surface area contributed by atoms with Gasteiger partial charge in [-0.2, -0.15) is 5.10 Å². The van der Waals surface area contributed by atoms with Crippen molar-refractivity contribution in [1.82, 2.24) is 24.7 Å². The Morgan fingerprint density at radius 3 is 2.75 bits per heavy atom. The first-order valence-corrected chi connectivity index (χ1v) is 9.82. The standard InChI is InChI=1S/C22H22N6/c1-2-8-18(7-1)28-13-11-17(27-28)15-24-22-19-9-3-4-10-20(19)25-21(26-22)16-6-5-12-23-14-16/h3-6,9-14,18H,1-2,7-8,15H2,(H,24,25,26). The summed E-state index contributed by atoms with van der Waals surface area (Å²) >= 11 is 0. The van der Waals surface area contributed by atoms with E-state index in [2.05, 4.69) is 27.2 Å². The van der Waals surface area contributed by atoms with Crippen LogP contribution in [0.1, 0.15) is 37.4 Å². The third kappa shape index (κ3) is 3.33. The predicted molar refractivity (Wildman–Crippen MR) is 110 cm³/mol. The molecule has 6 heteroatoms. The van der Waals surface area contributed by atoms with Crippen molar-refractivity contribution >= 4 is 16.7 Å². The van der Waals surface area contributed by atoms with Crippen LogP contribution < -0.4 is 5.32 Å². The molecule has 0 bridgehead atoms. The first-order valence-electron chi connectivity index (χ1n) is 9.82. The van der Waals surface area contributed by atoms with Gasteiger partial charge in [0.15, 0.2) is 5.82 Å². The molecule has 1 aromatic carbocycles. The largest absolute Gasteiger partial charge is 0.364 e. The number of aromatic nitrogens is 5. The minimum atomic E-state index is 0.561. The monoisotopic (exact) mass is 370 g/mol. The van der Waals surface area contributed by atoms with Gasteiger partial charge in [-0.1, -0.05) is 25.0 Å². The lowest BCUT2D eigenvalue weighted by Gasteiger charge is -2.11. The summed E-state index contributed by atoms with van der Waals surface area (Å²) in [4.78, 5) is 13.7. The van der Waals surface area contributed by atoms with Gasteiger partial charge < -0.3 is 5.32 Å². The fraction of sp³-hybridized carbons (Fsp3) is 0.273. The van der Waals surface area contributed by atoms with Crippen molar-refractivity contribution in [2.24, 2.45) is 0 Å². The average Bonchev–Trinajstić information content (AvgIpc) is 3.44. The highest BCUT2D eigenvalue weighted by Crippen LogP contribution is 2.29. The second-order valence-corrected chi connectivity index (χ2v) is 7.23. The Morgan fingerprint density at radius 2 is 1.89 bits per heavy atom. The molecule has 0 spiro atoms. The molecular weight excluding hydrogens is 348 g/mol. The van der Waals surface area contributed by atoms with Gasteiger partial charge in [-0.05, 0) is 43.2 Å². The lowest BCUT2D eigenvalue weighted by molar-refractivity contribution is 0.463. The number of anilines is 1. The lowest BCUT2D eigenvalue weighted by Crippen LogP contribution is -2.08. The van der Waals surface area contributed by atoms with Gasteiger partial charge in [0.2, 0.25) is 0 Å². The Bertz CT molecular complexity index is 1080. The molecule has 0 amide bonds. The third-order valence-electron chi connectivity index (χ3n) is 5.32. The van der Waals surface area contributed by atoms with Gasteiger partial charge >= 0.3 is 0 Å². The number of nitrogens with zero attached hydrogens (tertiary/aromatic N) is 5. The fourth-order valence-electron chi connectivity index (χ4n) is 3.85. The molecule has 3 aromatic heterocycles. The van der Waals surface area contributed by atoms with Crippen LogP contribution in [0.5, 0.6) is 0 Å². The molecule has 140 valence electrons. The molecule has 1 saturated carbocycles. The normalized spacial score (nSPS) is 14.6. The van der Waals surface area contributed by atoms with Crippen LogP contribution in [0.4, 0.5) is 5.82 Å². The number of benzene rings is 1. The molecule has 1 aliphatic rings.